The van der Waals surface area contributed by atoms with Gasteiger partial charge in [-0.05, 0) is 6.92 Å². The maximum atomic E-state index is 10.9. The molecule has 0 saturated carbocycles. The minimum absolute atomic E-state index is 0.184. The van der Waals surface area contributed by atoms with Crippen LogP contribution in [-0.2, 0) is 9.53 Å². The van der Waals surface area contributed by atoms with Crippen LogP contribution in [0, 0.1) is 0 Å². The van der Waals surface area contributed by atoms with E-state index in [1.165, 1.54) is 7.11 Å². The molecule has 0 bridgehead atoms. The molecule has 1 aromatic heterocycles. The highest BCUT2D eigenvalue weighted by Gasteiger charge is 2.03. The number of rotatable bonds is 6. The molecule has 4 N–H and O–H groups in total. The summed E-state index contributed by atoms with van der Waals surface area (Å²) in [6.45, 7) is 3.15. The molecule has 1 heterocycles. The minimum Gasteiger partial charge on any atom is -0.469 e. The summed E-state index contributed by atoms with van der Waals surface area (Å²) in [5.41, 5.74) is 5.55. The smallest absolute Gasteiger partial charge is 0.307 e. The monoisotopic (exact) mass is 239 g/mol. The van der Waals surface area contributed by atoms with Gasteiger partial charge in [0, 0.05) is 19.2 Å². The normalized spacial score (nSPS) is 9.76. The van der Waals surface area contributed by atoms with Gasteiger partial charge in [-0.1, -0.05) is 0 Å². The van der Waals surface area contributed by atoms with Crippen molar-refractivity contribution in [2.75, 3.05) is 36.6 Å². The zero-order valence-corrected chi connectivity index (χ0v) is 9.99. The quantitative estimate of drug-likeness (QED) is 0.620. The molecule has 0 aliphatic heterocycles. The van der Waals surface area contributed by atoms with E-state index in [4.69, 9.17) is 5.73 Å². The average molecular weight is 239 g/mol. The number of nitrogens with two attached hydrogens (primary N) is 1. The number of ether oxygens (including phenoxy) is 1. The van der Waals surface area contributed by atoms with Gasteiger partial charge in [0.2, 0.25) is 5.95 Å². The number of nitrogens with zero attached hydrogens (tertiary/aromatic N) is 2. The highest BCUT2D eigenvalue weighted by molar-refractivity contribution is 5.69. The molecule has 7 heteroatoms. The summed E-state index contributed by atoms with van der Waals surface area (Å²) in [6.07, 6.45) is 0.275. The summed E-state index contributed by atoms with van der Waals surface area (Å²) in [7, 11) is 1.36. The van der Waals surface area contributed by atoms with E-state index in [0.717, 1.165) is 6.54 Å². The molecule has 0 fully saturated rings. The Kier molecular flexibility index (Phi) is 4.99. The fourth-order valence-electron chi connectivity index (χ4n) is 1.22. The van der Waals surface area contributed by atoms with Crippen molar-refractivity contribution in [2.24, 2.45) is 0 Å². The molecule has 94 valence electrons. The van der Waals surface area contributed by atoms with Crippen LogP contribution in [0.5, 0.6) is 0 Å². The number of nitrogen functional groups attached to an aromatic ring is 1. The highest BCUT2D eigenvalue weighted by atomic mass is 16.5. The number of hydrogen-bond acceptors (Lipinski definition) is 7. The SMILES string of the molecule is CCNc1cc(NCCC(=O)OC)nc(N)n1. The van der Waals surface area contributed by atoms with Crippen LogP contribution >= 0.6 is 0 Å². The van der Waals surface area contributed by atoms with Gasteiger partial charge < -0.3 is 21.1 Å². The van der Waals surface area contributed by atoms with Gasteiger partial charge in [0.15, 0.2) is 0 Å². The van der Waals surface area contributed by atoms with Crippen molar-refractivity contribution < 1.29 is 9.53 Å². The Hall–Kier alpha value is -2.05. The van der Waals surface area contributed by atoms with E-state index in [0.29, 0.717) is 18.2 Å². The van der Waals surface area contributed by atoms with Gasteiger partial charge in [-0.2, -0.15) is 9.97 Å². The molecule has 1 aromatic rings. The first-order valence-corrected chi connectivity index (χ1v) is 5.34. The van der Waals surface area contributed by atoms with E-state index >= 15 is 0 Å². The topological polar surface area (TPSA) is 102 Å². The van der Waals surface area contributed by atoms with Crippen LogP contribution in [0.2, 0.25) is 0 Å². The van der Waals surface area contributed by atoms with Crippen molar-refractivity contribution in [3.8, 4) is 0 Å². The summed E-state index contributed by atoms with van der Waals surface area (Å²) in [6, 6.07) is 1.73. The first-order valence-electron chi connectivity index (χ1n) is 5.34. The van der Waals surface area contributed by atoms with E-state index in [-0.39, 0.29) is 18.3 Å². The predicted octanol–water partition coefficient (Wildman–Crippen LogP) is 0.466. The molecule has 0 saturated heterocycles. The molecule has 1 rings (SSSR count). The summed E-state index contributed by atoms with van der Waals surface area (Å²) in [5, 5.41) is 6.01. The number of methoxy groups -OCH3 is 1. The van der Waals surface area contributed by atoms with E-state index in [1.54, 1.807) is 6.07 Å². The zero-order chi connectivity index (χ0) is 12.7. The van der Waals surface area contributed by atoms with E-state index in [1.807, 2.05) is 6.92 Å². The molecule has 7 nitrogen and oxygen atoms in total. The Balaban J connectivity index is 2.55. The van der Waals surface area contributed by atoms with Gasteiger partial charge >= 0.3 is 5.97 Å². The number of esters is 1. The lowest BCUT2D eigenvalue weighted by Crippen LogP contribution is -2.12. The molecule has 0 amide bonds. The fraction of sp³-hybridized carbons (Fsp3) is 0.500. The number of hydrogen-bond donors (Lipinski definition) is 3. The lowest BCUT2D eigenvalue weighted by molar-refractivity contribution is -0.140. The Morgan fingerprint density at radius 3 is 2.65 bits per heavy atom. The standard InChI is InChI=1S/C10H17N5O2/c1-3-12-7-6-8(15-10(11)14-7)13-5-4-9(16)17-2/h6H,3-5H2,1-2H3,(H4,11,12,13,14,15). The maximum Gasteiger partial charge on any atom is 0.307 e. The number of aromatic nitrogens is 2. The van der Waals surface area contributed by atoms with Crippen LogP contribution in [0.4, 0.5) is 17.6 Å². The lowest BCUT2D eigenvalue weighted by atomic mass is 10.4. The van der Waals surface area contributed by atoms with Crippen LogP contribution in [-0.4, -0.2) is 36.1 Å². The van der Waals surface area contributed by atoms with Gasteiger partial charge in [-0.25, -0.2) is 0 Å². The van der Waals surface area contributed by atoms with Crippen molar-refractivity contribution in [3.63, 3.8) is 0 Å². The van der Waals surface area contributed by atoms with Crippen molar-refractivity contribution in [2.45, 2.75) is 13.3 Å². The summed E-state index contributed by atoms with van der Waals surface area (Å²) in [4.78, 5) is 18.9. The van der Waals surface area contributed by atoms with Crippen molar-refractivity contribution >= 4 is 23.6 Å². The number of anilines is 3. The van der Waals surface area contributed by atoms with Gasteiger partial charge in [0.1, 0.15) is 11.6 Å². The van der Waals surface area contributed by atoms with Gasteiger partial charge in [-0.3, -0.25) is 4.79 Å². The van der Waals surface area contributed by atoms with Crippen LogP contribution in [0.3, 0.4) is 0 Å². The zero-order valence-electron chi connectivity index (χ0n) is 9.99. The second kappa shape index (κ2) is 6.51. The second-order valence-corrected chi connectivity index (χ2v) is 3.28. The second-order valence-electron chi connectivity index (χ2n) is 3.28. The van der Waals surface area contributed by atoms with Crippen LogP contribution in [0.15, 0.2) is 6.07 Å². The molecular formula is C10H17N5O2. The molecule has 0 unspecified atom stereocenters. The van der Waals surface area contributed by atoms with Gasteiger partial charge in [0.25, 0.3) is 0 Å². The molecule has 17 heavy (non-hydrogen) atoms. The number of carbonyl (C=O) groups excluding carboxylic acids is 1. The third-order valence-electron chi connectivity index (χ3n) is 1.96. The number of nitrogens with one attached hydrogen (secondary N) is 2. The molecule has 0 atom stereocenters. The van der Waals surface area contributed by atoms with Crippen LogP contribution in [0.1, 0.15) is 13.3 Å². The fourth-order valence-corrected chi connectivity index (χ4v) is 1.22. The summed E-state index contributed by atoms with van der Waals surface area (Å²) < 4.78 is 4.53. The maximum absolute atomic E-state index is 10.9. The Labute approximate surface area is 99.8 Å². The Morgan fingerprint density at radius 1 is 1.41 bits per heavy atom. The predicted molar refractivity (Wildman–Crippen MR) is 65.7 cm³/mol. The molecule has 0 spiro atoms. The van der Waals surface area contributed by atoms with Crippen molar-refractivity contribution in [1.29, 1.82) is 0 Å². The summed E-state index contributed by atoms with van der Waals surface area (Å²) in [5.74, 6) is 1.15. The van der Waals surface area contributed by atoms with Crippen LogP contribution < -0.4 is 16.4 Å². The Morgan fingerprint density at radius 2 is 2.06 bits per heavy atom. The average Bonchev–Trinajstić information content (AvgIpc) is 2.28. The molecule has 0 aliphatic rings. The third kappa shape index (κ3) is 4.54. The number of carbonyl (C=O) groups is 1. The largest absolute Gasteiger partial charge is 0.469 e. The van der Waals surface area contributed by atoms with Gasteiger partial charge in [-0.15, -0.1) is 0 Å². The molecular weight excluding hydrogens is 222 g/mol. The third-order valence-corrected chi connectivity index (χ3v) is 1.96. The lowest BCUT2D eigenvalue weighted by Gasteiger charge is -2.08. The molecule has 0 aliphatic carbocycles. The van der Waals surface area contributed by atoms with E-state index in [2.05, 4.69) is 25.3 Å². The first-order chi connectivity index (χ1) is 8.15. The van der Waals surface area contributed by atoms with Crippen molar-refractivity contribution in [1.82, 2.24) is 9.97 Å². The van der Waals surface area contributed by atoms with Crippen LogP contribution in [0.25, 0.3) is 0 Å². The van der Waals surface area contributed by atoms with E-state index in [9.17, 15) is 4.79 Å². The first kappa shape index (κ1) is 13.0. The molecule has 0 aromatic carbocycles. The van der Waals surface area contributed by atoms with E-state index < -0.39 is 0 Å². The van der Waals surface area contributed by atoms with Crippen molar-refractivity contribution in [3.05, 3.63) is 6.07 Å². The summed E-state index contributed by atoms with van der Waals surface area (Å²) >= 11 is 0. The van der Waals surface area contributed by atoms with Gasteiger partial charge in [0.05, 0.1) is 13.5 Å². The Bertz CT molecular complexity index is 383. The highest BCUT2D eigenvalue weighted by Crippen LogP contribution is 2.12. The molecule has 0 radical (unpaired) electrons. The minimum atomic E-state index is -0.272.